The maximum atomic E-state index is 9.66. The van der Waals surface area contributed by atoms with Gasteiger partial charge in [-0.2, -0.15) is 0 Å². The Hall–Kier alpha value is -0.0800. The molecule has 1 N–H and O–H groups in total. The van der Waals surface area contributed by atoms with Crippen LogP contribution in [0.5, 0.6) is 0 Å². The highest BCUT2D eigenvalue weighted by Crippen LogP contribution is 2.33. The molecular formula is C8H15NO. The van der Waals surface area contributed by atoms with E-state index in [1.54, 1.807) is 0 Å². The minimum absolute atomic E-state index is 0.384. The molecule has 0 aliphatic carbocycles. The third kappa shape index (κ3) is 0.956. The van der Waals surface area contributed by atoms with E-state index in [0.29, 0.717) is 6.04 Å². The molecule has 0 bridgehead atoms. The molecule has 2 nitrogen and oxygen atoms in total. The van der Waals surface area contributed by atoms with E-state index in [1.165, 1.54) is 19.4 Å². The van der Waals surface area contributed by atoms with Crippen LogP contribution in [0.2, 0.25) is 0 Å². The molecule has 2 saturated heterocycles. The fourth-order valence-corrected chi connectivity index (χ4v) is 2.34. The van der Waals surface area contributed by atoms with Gasteiger partial charge in [0.25, 0.3) is 0 Å². The molecule has 2 rings (SSSR count). The predicted molar refractivity (Wildman–Crippen MR) is 39.8 cm³/mol. The second-order valence-electron chi connectivity index (χ2n) is 3.97. The zero-order valence-electron chi connectivity index (χ0n) is 6.51. The van der Waals surface area contributed by atoms with Gasteiger partial charge in [-0.25, -0.2) is 0 Å². The Balaban J connectivity index is 2.07. The maximum absolute atomic E-state index is 9.66. The van der Waals surface area contributed by atoms with E-state index in [-0.39, 0.29) is 5.60 Å². The van der Waals surface area contributed by atoms with Crippen LogP contribution in [0.3, 0.4) is 0 Å². The maximum Gasteiger partial charge on any atom is 0.0761 e. The normalized spacial score (nSPS) is 48.0. The minimum atomic E-state index is -0.384. The Bertz CT molecular complexity index is 130. The molecule has 58 valence electrons. The largest absolute Gasteiger partial charge is 0.389 e. The number of nitrogens with zero attached hydrogens (tertiary/aromatic N) is 1. The highest BCUT2D eigenvalue weighted by Gasteiger charge is 2.40. The summed E-state index contributed by atoms with van der Waals surface area (Å²) >= 11 is 0. The minimum Gasteiger partial charge on any atom is -0.389 e. The smallest absolute Gasteiger partial charge is 0.0761 e. The van der Waals surface area contributed by atoms with Crippen LogP contribution >= 0.6 is 0 Å². The number of fused-ring (bicyclic) bond motifs is 1. The summed E-state index contributed by atoms with van der Waals surface area (Å²) in [5.41, 5.74) is -0.384. The number of hydrogen-bond donors (Lipinski definition) is 1. The number of aliphatic hydroxyl groups is 1. The van der Waals surface area contributed by atoms with Gasteiger partial charge < -0.3 is 5.11 Å². The molecule has 2 unspecified atom stereocenters. The second-order valence-corrected chi connectivity index (χ2v) is 3.97. The Morgan fingerprint density at radius 2 is 2.40 bits per heavy atom. The molecule has 0 aromatic carbocycles. The van der Waals surface area contributed by atoms with Gasteiger partial charge in [-0.15, -0.1) is 0 Å². The quantitative estimate of drug-likeness (QED) is 0.534. The van der Waals surface area contributed by atoms with Crippen LogP contribution in [-0.4, -0.2) is 34.7 Å². The van der Waals surface area contributed by atoms with E-state index >= 15 is 0 Å². The zero-order chi connectivity index (χ0) is 7.19. The molecule has 0 amide bonds. The van der Waals surface area contributed by atoms with Gasteiger partial charge in [0.2, 0.25) is 0 Å². The van der Waals surface area contributed by atoms with E-state index in [1.807, 2.05) is 6.92 Å². The highest BCUT2D eigenvalue weighted by molar-refractivity contribution is 4.96. The van der Waals surface area contributed by atoms with Crippen molar-refractivity contribution in [3.8, 4) is 0 Å². The van der Waals surface area contributed by atoms with Crippen molar-refractivity contribution in [3.05, 3.63) is 0 Å². The van der Waals surface area contributed by atoms with E-state index in [9.17, 15) is 5.11 Å². The Labute approximate surface area is 61.8 Å². The van der Waals surface area contributed by atoms with Crippen LogP contribution in [-0.2, 0) is 0 Å². The monoisotopic (exact) mass is 141 g/mol. The molecule has 0 spiro atoms. The fraction of sp³-hybridized carbons (Fsp3) is 1.00. The predicted octanol–water partition coefficient (Wildman–Crippen LogP) is 0.605. The third-order valence-electron chi connectivity index (χ3n) is 2.72. The Kier molecular flexibility index (Phi) is 1.29. The van der Waals surface area contributed by atoms with Gasteiger partial charge in [-0.3, -0.25) is 4.90 Å². The molecule has 2 aliphatic rings. The molecule has 2 aliphatic heterocycles. The lowest BCUT2D eigenvalue weighted by Gasteiger charge is -2.16. The molecule has 0 radical (unpaired) electrons. The van der Waals surface area contributed by atoms with Crippen molar-refractivity contribution in [2.45, 2.75) is 37.8 Å². The van der Waals surface area contributed by atoms with Gasteiger partial charge in [-0.1, -0.05) is 0 Å². The summed E-state index contributed by atoms with van der Waals surface area (Å²) in [4.78, 5) is 2.42. The first-order valence-corrected chi connectivity index (χ1v) is 4.14. The van der Waals surface area contributed by atoms with Gasteiger partial charge in [0.1, 0.15) is 0 Å². The van der Waals surface area contributed by atoms with E-state index < -0.39 is 0 Å². The lowest BCUT2D eigenvalue weighted by molar-refractivity contribution is 0.0680. The molecule has 2 atom stereocenters. The molecular weight excluding hydrogens is 126 g/mol. The molecule has 0 aromatic heterocycles. The van der Waals surface area contributed by atoms with Crippen molar-refractivity contribution in [2.24, 2.45) is 0 Å². The Morgan fingerprint density at radius 1 is 1.60 bits per heavy atom. The molecule has 0 saturated carbocycles. The zero-order valence-corrected chi connectivity index (χ0v) is 6.51. The lowest BCUT2D eigenvalue weighted by atomic mass is 10.0. The van der Waals surface area contributed by atoms with Gasteiger partial charge >= 0.3 is 0 Å². The summed E-state index contributed by atoms with van der Waals surface area (Å²) < 4.78 is 0. The van der Waals surface area contributed by atoms with Gasteiger partial charge in [0.15, 0.2) is 0 Å². The van der Waals surface area contributed by atoms with Crippen molar-refractivity contribution in [3.63, 3.8) is 0 Å². The van der Waals surface area contributed by atoms with Gasteiger partial charge in [-0.05, 0) is 32.7 Å². The molecule has 0 aromatic rings. The van der Waals surface area contributed by atoms with Crippen LogP contribution in [0.25, 0.3) is 0 Å². The van der Waals surface area contributed by atoms with Crippen molar-refractivity contribution in [1.82, 2.24) is 4.90 Å². The van der Waals surface area contributed by atoms with E-state index in [0.717, 1.165) is 13.0 Å². The van der Waals surface area contributed by atoms with Crippen LogP contribution in [0.15, 0.2) is 0 Å². The second kappa shape index (κ2) is 1.95. The summed E-state index contributed by atoms with van der Waals surface area (Å²) in [6.45, 7) is 4.06. The summed E-state index contributed by atoms with van der Waals surface area (Å²) in [5, 5.41) is 9.66. The topological polar surface area (TPSA) is 23.5 Å². The van der Waals surface area contributed by atoms with Crippen LogP contribution in [0.4, 0.5) is 0 Å². The SMILES string of the molecule is CC1(O)CC2CCCN2C1. The summed E-state index contributed by atoms with van der Waals surface area (Å²) in [6.07, 6.45) is 3.63. The number of hydrogen-bond acceptors (Lipinski definition) is 2. The van der Waals surface area contributed by atoms with Gasteiger partial charge in [0, 0.05) is 12.6 Å². The lowest BCUT2D eigenvalue weighted by Crippen LogP contribution is -2.29. The summed E-state index contributed by atoms with van der Waals surface area (Å²) in [7, 11) is 0. The van der Waals surface area contributed by atoms with Gasteiger partial charge in [0.05, 0.1) is 5.60 Å². The molecule has 10 heavy (non-hydrogen) atoms. The van der Waals surface area contributed by atoms with Crippen molar-refractivity contribution in [1.29, 1.82) is 0 Å². The summed E-state index contributed by atoms with van der Waals surface area (Å²) in [5.74, 6) is 0. The Morgan fingerprint density at radius 3 is 3.10 bits per heavy atom. The first kappa shape index (κ1) is 6.62. The molecule has 2 heteroatoms. The molecule has 2 fully saturated rings. The fourth-order valence-electron chi connectivity index (χ4n) is 2.34. The van der Waals surface area contributed by atoms with Crippen LogP contribution in [0.1, 0.15) is 26.2 Å². The van der Waals surface area contributed by atoms with Crippen LogP contribution in [0, 0.1) is 0 Å². The highest BCUT2D eigenvalue weighted by atomic mass is 16.3. The first-order valence-electron chi connectivity index (χ1n) is 4.14. The number of rotatable bonds is 0. The standard InChI is InChI=1S/C8H15NO/c1-8(10)5-7-3-2-4-9(7)6-8/h7,10H,2-6H2,1H3. The third-order valence-corrected chi connectivity index (χ3v) is 2.72. The van der Waals surface area contributed by atoms with Crippen molar-refractivity contribution in [2.75, 3.05) is 13.1 Å². The average molecular weight is 141 g/mol. The van der Waals surface area contributed by atoms with Crippen LogP contribution < -0.4 is 0 Å². The first-order chi connectivity index (χ1) is 4.67. The summed E-state index contributed by atoms with van der Waals surface area (Å²) in [6, 6.07) is 0.704. The van der Waals surface area contributed by atoms with Crippen molar-refractivity contribution >= 4 is 0 Å². The van der Waals surface area contributed by atoms with E-state index in [4.69, 9.17) is 0 Å². The van der Waals surface area contributed by atoms with E-state index in [2.05, 4.69) is 4.90 Å². The molecule has 2 heterocycles. The average Bonchev–Trinajstić information content (AvgIpc) is 2.20. The van der Waals surface area contributed by atoms with Crippen molar-refractivity contribution < 1.29 is 5.11 Å².